The molecule has 1 heterocycles. The fourth-order valence-electron chi connectivity index (χ4n) is 2.72. The van der Waals surface area contributed by atoms with Gasteiger partial charge in [-0.25, -0.2) is 4.39 Å². The lowest BCUT2D eigenvalue weighted by molar-refractivity contribution is -0.127. The van der Waals surface area contributed by atoms with Gasteiger partial charge in [-0.15, -0.1) is 16.8 Å². The van der Waals surface area contributed by atoms with E-state index in [4.69, 9.17) is 0 Å². The topological polar surface area (TPSA) is 51.0 Å². The van der Waals surface area contributed by atoms with Crippen LogP contribution in [0.5, 0.6) is 0 Å². The van der Waals surface area contributed by atoms with E-state index < -0.39 is 0 Å². The average molecular weight is 396 g/mol. The number of nitrogens with zero attached hydrogens (tertiary/aromatic N) is 4. The molecule has 0 N–H and O–H groups in total. The molecule has 0 saturated heterocycles. The highest BCUT2D eigenvalue weighted by molar-refractivity contribution is 7.99. The zero-order valence-electron chi connectivity index (χ0n) is 15.6. The number of aromatic nitrogens is 3. The molecule has 7 heteroatoms. The summed E-state index contributed by atoms with van der Waals surface area (Å²) in [4.78, 5) is 14.1. The Bertz CT molecular complexity index is 958. The lowest BCUT2D eigenvalue weighted by Gasteiger charge is -2.17. The highest BCUT2D eigenvalue weighted by Gasteiger charge is 2.16. The summed E-state index contributed by atoms with van der Waals surface area (Å²) in [7, 11) is 1.71. The maximum Gasteiger partial charge on any atom is 0.233 e. The van der Waals surface area contributed by atoms with E-state index in [9.17, 15) is 9.18 Å². The van der Waals surface area contributed by atoms with E-state index >= 15 is 0 Å². The second-order valence-electron chi connectivity index (χ2n) is 6.24. The first kappa shape index (κ1) is 19.8. The van der Waals surface area contributed by atoms with Crippen LogP contribution < -0.4 is 0 Å². The predicted octanol–water partition coefficient (Wildman–Crippen LogP) is 4.02. The largest absolute Gasteiger partial charge is 0.341 e. The van der Waals surface area contributed by atoms with Crippen molar-refractivity contribution in [1.29, 1.82) is 0 Å². The van der Waals surface area contributed by atoms with Crippen LogP contribution in [0.4, 0.5) is 4.39 Å². The third kappa shape index (κ3) is 4.86. The normalized spacial score (nSPS) is 10.6. The summed E-state index contributed by atoms with van der Waals surface area (Å²) in [5.74, 6) is 0.585. The van der Waals surface area contributed by atoms with Gasteiger partial charge in [-0.05, 0) is 17.7 Å². The summed E-state index contributed by atoms with van der Waals surface area (Å²) in [6.07, 6.45) is 1.78. The quantitative estimate of drug-likeness (QED) is 0.426. The predicted molar refractivity (Wildman–Crippen MR) is 109 cm³/mol. The van der Waals surface area contributed by atoms with Crippen molar-refractivity contribution < 1.29 is 9.18 Å². The number of carbonyl (C=O) groups is 1. The molecule has 5 nitrogen and oxygen atoms in total. The van der Waals surface area contributed by atoms with Crippen LogP contribution in [-0.4, -0.2) is 38.4 Å². The van der Waals surface area contributed by atoms with Crippen molar-refractivity contribution in [2.75, 3.05) is 12.8 Å². The van der Waals surface area contributed by atoms with Crippen LogP contribution in [-0.2, 0) is 17.9 Å². The van der Waals surface area contributed by atoms with Crippen molar-refractivity contribution in [3.8, 4) is 11.4 Å². The first-order valence-electron chi connectivity index (χ1n) is 8.79. The van der Waals surface area contributed by atoms with Gasteiger partial charge >= 0.3 is 0 Å². The van der Waals surface area contributed by atoms with Crippen LogP contribution in [0.15, 0.2) is 72.4 Å². The molecule has 0 fully saturated rings. The Kier molecular flexibility index (Phi) is 6.60. The van der Waals surface area contributed by atoms with Crippen LogP contribution in [0.25, 0.3) is 11.4 Å². The number of rotatable bonds is 8. The van der Waals surface area contributed by atoms with Gasteiger partial charge in [0.15, 0.2) is 11.0 Å². The van der Waals surface area contributed by atoms with Crippen molar-refractivity contribution in [2.24, 2.45) is 0 Å². The van der Waals surface area contributed by atoms with Gasteiger partial charge in [0.05, 0.1) is 5.75 Å². The highest BCUT2D eigenvalue weighted by Crippen LogP contribution is 2.24. The molecule has 0 bridgehead atoms. The Hall–Kier alpha value is -2.93. The molecule has 0 unspecified atom stereocenters. The van der Waals surface area contributed by atoms with E-state index in [0.29, 0.717) is 18.2 Å². The average Bonchev–Trinajstić information content (AvgIpc) is 3.09. The first-order valence-corrected chi connectivity index (χ1v) is 9.77. The van der Waals surface area contributed by atoms with Crippen LogP contribution in [0.2, 0.25) is 0 Å². The molecule has 144 valence electrons. The SMILES string of the molecule is C=CCn1c(SCC(=O)N(C)Cc2cccc(F)c2)nnc1-c1ccccc1. The van der Waals surface area contributed by atoms with Gasteiger partial charge in [-0.2, -0.15) is 0 Å². The minimum atomic E-state index is -0.307. The second-order valence-corrected chi connectivity index (χ2v) is 7.18. The van der Waals surface area contributed by atoms with E-state index in [2.05, 4.69) is 16.8 Å². The van der Waals surface area contributed by atoms with E-state index in [-0.39, 0.29) is 17.5 Å². The van der Waals surface area contributed by atoms with Gasteiger partial charge in [-0.3, -0.25) is 9.36 Å². The van der Waals surface area contributed by atoms with Crippen LogP contribution in [0, 0.1) is 5.82 Å². The molecule has 0 aliphatic heterocycles. The Morgan fingerprint density at radius 1 is 1.21 bits per heavy atom. The lowest BCUT2D eigenvalue weighted by Crippen LogP contribution is -2.28. The molecule has 0 spiro atoms. The molecule has 2 aromatic carbocycles. The van der Waals surface area contributed by atoms with Gasteiger partial charge in [0.2, 0.25) is 5.91 Å². The molecule has 3 aromatic rings. The number of thioether (sulfide) groups is 1. The van der Waals surface area contributed by atoms with Gasteiger partial charge in [-0.1, -0.05) is 60.3 Å². The fraction of sp³-hybridized carbons (Fsp3) is 0.190. The maximum absolute atomic E-state index is 13.3. The first-order chi connectivity index (χ1) is 13.6. The Morgan fingerprint density at radius 2 is 2.00 bits per heavy atom. The number of amides is 1. The summed E-state index contributed by atoms with van der Waals surface area (Å²) in [5.41, 5.74) is 1.71. The van der Waals surface area contributed by atoms with Crippen LogP contribution >= 0.6 is 11.8 Å². The summed E-state index contributed by atoms with van der Waals surface area (Å²) in [5, 5.41) is 9.19. The van der Waals surface area contributed by atoms with Gasteiger partial charge in [0, 0.05) is 25.7 Å². The van der Waals surface area contributed by atoms with Crippen LogP contribution in [0.3, 0.4) is 0 Å². The number of hydrogen-bond donors (Lipinski definition) is 0. The smallest absolute Gasteiger partial charge is 0.233 e. The third-order valence-corrected chi connectivity index (χ3v) is 5.07. The summed E-state index contributed by atoms with van der Waals surface area (Å²) in [6.45, 7) is 4.70. The standard InChI is InChI=1S/C21H21FN4OS/c1-3-12-26-20(17-9-5-4-6-10-17)23-24-21(26)28-15-19(27)25(2)14-16-8-7-11-18(22)13-16/h3-11,13H,1,12,14-15H2,2H3. The molecular formula is C21H21FN4OS. The van der Waals surface area contributed by atoms with Crippen molar-refractivity contribution in [1.82, 2.24) is 19.7 Å². The number of hydrogen-bond acceptors (Lipinski definition) is 4. The molecule has 0 aliphatic carbocycles. The Balaban J connectivity index is 1.67. The molecule has 1 aromatic heterocycles. The Morgan fingerprint density at radius 3 is 2.71 bits per heavy atom. The Labute approximate surface area is 167 Å². The minimum Gasteiger partial charge on any atom is -0.341 e. The lowest BCUT2D eigenvalue weighted by atomic mass is 10.2. The number of benzene rings is 2. The van der Waals surface area contributed by atoms with Crippen molar-refractivity contribution in [3.63, 3.8) is 0 Å². The minimum absolute atomic E-state index is 0.0660. The molecule has 3 rings (SSSR count). The van der Waals surface area contributed by atoms with E-state index in [1.807, 2.05) is 34.9 Å². The second kappa shape index (κ2) is 9.32. The van der Waals surface area contributed by atoms with Gasteiger partial charge in [0.25, 0.3) is 0 Å². The zero-order valence-corrected chi connectivity index (χ0v) is 16.4. The molecule has 0 atom stereocenters. The molecule has 0 saturated carbocycles. The van der Waals surface area contributed by atoms with Crippen molar-refractivity contribution >= 4 is 17.7 Å². The van der Waals surface area contributed by atoms with Crippen LogP contribution in [0.1, 0.15) is 5.56 Å². The van der Waals surface area contributed by atoms with E-state index in [1.165, 1.54) is 23.9 Å². The molecule has 28 heavy (non-hydrogen) atoms. The fourth-order valence-corrected chi connectivity index (χ4v) is 3.61. The van der Waals surface area contributed by atoms with E-state index in [1.54, 1.807) is 30.2 Å². The summed E-state index contributed by atoms with van der Waals surface area (Å²) in [6, 6.07) is 16.0. The molecular weight excluding hydrogens is 375 g/mol. The zero-order chi connectivity index (χ0) is 19.9. The highest BCUT2D eigenvalue weighted by atomic mass is 32.2. The number of allylic oxidation sites excluding steroid dienone is 1. The van der Waals surface area contributed by atoms with Gasteiger partial charge < -0.3 is 4.90 Å². The van der Waals surface area contributed by atoms with E-state index in [0.717, 1.165) is 17.0 Å². The number of carbonyl (C=O) groups excluding carboxylic acids is 1. The summed E-state index contributed by atoms with van der Waals surface area (Å²) >= 11 is 1.33. The molecule has 0 aliphatic rings. The van der Waals surface area contributed by atoms with Crippen molar-refractivity contribution in [3.05, 3.63) is 78.6 Å². The molecule has 1 amide bonds. The number of halogens is 1. The monoisotopic (exact) mass is 396 g/mol. The van der Waals surface area contributed by atoms with Crippen molar-refractivity contribution in [2.45, 2.75) is 18.2 Å². The summed E-state index contributed by atoms with van der Waals surface area (Å²) < 4.78 is 15.3. The van der Waals surface area contributed by atoms with Gasteiger partial charge in [0.1, 0.15) is 5.82 Å². The molecule has 0 radical (unpaired) electrons. The maximum atomic E-state index is 13.3. The third-order valence-electron chi connectivity index (χ3n) is 4.12.